The Morgan fingerprint density at radius 3 is 2.25 bits per heavy atom. The zero-order chi connectivity index (χ0) is 20.4. The van der Waals surface area contributed by atoms with Crippen LogP contribution in [0.5, 0.6) is 5.75 Å². The van der Waals surface area contributed by atoms with Crippen molar-refractivity contribution < 1.29 is 9.53 Å². The normalized spacial score (nSPS) is 18.5. The molecular formula is C23H32O2S2Si. The molecule has 1 atom stereocenters. The third-order valence-electron chi connectivity index (χ3n) is 5.81. The molecule has 28 heavy (non-hydrogen) atoms. The van der Waals surface area contributed by atoms with E-state index in [1.165, 1.54) is 12.0 Å². The zero-order valence-corrected chi connectivity index (χ0v) is 20.2. The number of aliphatic hydroxyl groups excluding tert-OH is 1. The van der Waals surface area contributed by atoms with Crippen molar-refractivity contribution in [1.29, 1.82) is 0 Å². The number of hydrogen-bond acceptors (Lipinski definition) is 4. The first-order valence-electron chi connectivity index (χ1n) is 9.96. The highest BCUT2D eigenvalue weighted by molar-refractivity contribution is 8.18. The van der Waals surface area contributed by atoms with Crippen LogP contribution in [0, 0.1) is 0 Å². The average Bonchev–Trinajstić information content (AvgIpc) is 2.67. The van der Waals surface area contributed by atoms with Crippen LogP contribution in [0.15, 0.2) is 54.6 Å². The maximum Gasteiger partial charge on any atom is 0.250 e. The lowest BCUT2D eigenvalue weighted by Gasteiger charge is -2.41. The molecule has 0 aromatic heterocycles. The van der Waals surface area contributed by atoms with Gasteiger partial charge in [0.05, 0.1) is 0 Å². The Hall–Kier alpha value is -0.883. The van der Waals surface area contributed by atoms with Crippen molar-refractivity contribution in [3.05, 3.63) is 65.7 Å². The smallest absolute Gasteiger partial charge is 0.250 e. The van der Waals surface area contributed by atoms with Gasteiger partial charge in [0.15, 0.2) is 0 Å². The molecule has 2 aromatic rings. The van der Waals surface area contributed by atoms with E-state index in [0.29, 0.717) is 0 Å². The molecule has 1 heterocycles. The molecular weight excluding hydrogens is 400 g/mol. The summed E-state index contributed by atoms with van der Waals surface area (Å²) in [5.74, 6) is 3.01. The van der Waals surface area contributed by atoms with Gasteiger partial charge in [-0.1, -0.05) is 63.2 Å². The van der Waals surface area contributed by atoms with E-state index in [-0.39, 0.29) is 9.12 Å². The SMILES string of the molecule is CC(C)(C)[Si](C)(C)Oc1cccc(C(O)C2(c3ccccc3)SCCCS2)c1. The molecule has 1 aliphatic rings. The summed E-state index contributed by atoms with van der Waals surface area (Å²) < 4.78 is 6.13. The standard InChI is InChI=1S/C23H32O2S2Si/c1-22(2,3)28(4,5)25-20-14-9-11-18(17-20)21(24)23(26-15-10-16-27-23)19-12-7-6-8-13-19/h6-9,11-14,17,21,24H,10,15-16H2,1-5H3. The van der Waals surface area contributed by atoms with Gasteiger partial charge >= 0.3 is 0 Å². The van der Waals surface area contributed by atoms with Gasteiger partial charge in [-0.3, -0.25) is 0 Å². The first-order chi connectivity index (χ1) is 13.2. The second-order valence-electron chi connectivity index (χ2n) is 8.92. The van der Waals surface area contributed by atoms with Gasteiger partial charge in [0.1, 0.15) is 15.9 Å². The molecule has 0 bridgehead atoms. The number of thioether (sulfide) groups is 2. The van der Waals surface area contributed by atoms with Crippen molar-refractivity contribution in [3.8, 4) is 5.75 Å². The summed E-state index contributed by atoms with van der Waals surface area (Å²) in [6.45, 7) is 11.3. The summed E-state index contributed by atoms with van der Waals surface area (Å²) in [5, 5.41) is 11.7. The highest BCUT2D eigenvalue weighted by Crippen LogP contribution is 2.57. The van der Waals surface area contributed by atoms with E-state index in [1.54, 1.807) is 0 Å². The van der Waals surface area contributed by atoms with Crippen molar-refractivity contribution in [1.82, 2.24) is 0 Å². The van der Waals surface area contributed by atoms with Gasteiger partial charge in [-0.15, -0.1) is 23.5 Å². The van der Waals surface area contributed by atoms with Crippen LogP contribution in [0.3, 0.4) is 0 Å². The number of aliphatic hydroxyl groups is 1. The van der Waals surface area contributed by atoms with Gasteiger partial charge < -0.3 is 9.53 Å². The van der Waals surface area contributed by atoms with Crippen LogP contribution in [0.2, 0.25) is 18.1 Å². The molecule has 1 saturated heterocycles. The summed E-state index contributed by atoms with van der Waals surface area (Å²) in [6.07, 6.45) is 0.596. The third kappa shape index (κ3) is 4.48. The third-order valence-corrected chi connectivity index (χ3v) is 13.6. The largest absolute Gasteiger partial charge is 0.543 e. The quantitative estimate of drug-likeness (QED) is 0.525. The van der Waals surface area contributed by atoms with Crippen LogP contribution in [0.1, 0.15) is 44.4 Å². The Balaban J connectivity index is 1.93. The van der Waals surface area contributed by atoms with E-state index in [1.807, 2.05) is 53.9 Å². The van der Waals surface area contributed by atoms with Crippen molar-refractivity contribution in [3.63, 3.8) is 0 Å². The molecule has 0 radical (unpaired) electrons. The van der Waals surface area contributed by atoms with Crippen molar-refractivity contribution in [2.75, 3.05) is 11.5 Å². The minimum atomic E-state index is -1.92. The lowest BCUT2D eigenvalue weighted by atomic mass is 10.00. The topological polar surface area (TPSA) is 29.5 Å². The van der Waals surface area contributed by atoms with Crippen LogP contribution >= 0.6 is 23.5 Å². The van der Waals surface area contributed by atoms with Gasteiger partial charge in [-0.25, -0.2) is 0 Å². The lowest BCUT2D eigenvalue weighted by Crippen LogP contribution is -2.43. The predicted octanol–water partition coefficient (Wildman–Crippen LogP) is 6.83. The average molecular weight is 433 g/mol. The maximum absolute atomic E-state index is 11.5. The van der Waals surface area contributed by atoms with Gasteiger partial charge in [-0.2, -0.15) is 0 Å². The Labute approximate surface area is 179 Å². The molecule has 0 aliphatic carbocycles. The van der Waals surface area contributed by atoms with Crippen LogP contribution in [0.25, 0.3) is 0 Å². The lowest BCUT2D eigenvalue weighted by molar-refractivity contribution is 0.163. The zero-order valence-electron chi connectivity index (χ0n) is 17.6. The summed E-state index contributed by atoms with van der Waals surface area (Å²) in [6, 6.07) is 18.6. The molecule has 0 amide bonds. The number of hydrogen-bond donors (Lipinski definition) is 1. The molecule has 1 fully saturated rings. The second-order valence-corrected chi connectivity index (χ2v) is 16.6. The highest BCUT2D eigenvalue weighted by atomic mass is 32.2. The molecule has 1 aliphatic heterocycles. The fraction of sp³-hybridized carbons (Fsp3) is 0.478. The highest BCUT2D eigenvalue weighted by Gasteiger charge is 2.44. The summed E-state index contributed by atoms with van der Waals surface area (Å²) >= 11 is 3.74. The molecule has 1 N–H and O–H groups in total. The van der Waals surface area contributed by atoms with Crippen molar-refractivity contribution in [2.45, 2.75) is 55.5 Å². The van der Waals surface area contributed by atoms with Gasteiger partial charge in [0, 0.05) is 0 Å². The fourth-order valence-corrected chi connectivity index (χ4v) is 7.53. The molecule has 0 saturated carbocycles. The molecule has 152 valence electrons. The molecule has 2 aromatic carbocycles. The Kier molecular flexibility index (Phi) is 6.60. The summed E-state index contributed by atoms with van der Waals surface area (Å²) in [7, 11) is -1.92. The maximum atomic E-state index is 11.5. The van der Waals surface area contributed by atoms with E-state index in [0.717, 1.165) is 22.8 Å². The molecule has 3 rings (SSSR count). The van der Waals surface area contributed by atoms with Gasteiger partial charge in [0.2, 0.25) is 8.32 Å². The summed E-state index contributed by atoms with van der Waals surface area (Å²) in [5.41, 5.74) is 2.12. The van der Waals surface area contributed by atoms with E-state index < -0.39 is 14.4 Å². The van der Waals surface area contributed by atoms with E-state index in [9.17, 15) is 5.11 Å². The van der Waals surface area contributed by atoms with E-state index >= 15 is 0 Å². The monoisotopic (exact) mass is 432 g/mol. The second kappa shape index (κ2) is 8.47. The van der Waals surface area contributed by atoms with Crippen molar-refractivity contribution >= 4 is 31.8 Å². The Bertz CT molecular complexity index is 781. The Morgan fingerprint density at radius 1 is 1.00 bits per heavy atom. The van der Waals surface area contributed by atoms with Gasteiger partial charge in [-0.05, 0) is 59.3 Å². The van der Waals surface area contributed by atoms with E-state index in [2.05, 4.69) is 58.1 Å². The summed E-state index contributed by atoms with van der Waals surface area (Å²) in [4.78, 5) is 0. The van der Waals surface area contributed by atoms with Crippen LogP contribution in [-0.4, -0.2) is 24.9 Å². The molecule has 0 spiro atoms. The minimum absolute atomic E-state index is 0.141. The first-order valence-corrected chi connectivity index (χ1v) is 14.8. The predicted molar refractivity (Wildman–Crippen MR) is 127 cm³/mol. The number of rotatable bonds is 5. The van der Waals surface area contributed by atoms with Crippen molar-refractivity contribution in [2.24, 2.45) is 0 Å². The van der Waals surface area contributed by atoms with E-state index in [4.69, 9.17) is 4.43 Å². The molecule has 1 unspecified atom stereocenters. The molecule has 5 heteroatoms. The van der Waals surface area contributed by atoms with Crippen LogP contribution < -0.4 is 4.43 Å². The number of benzene rings is 2. The van der Waals surface area contributed by atoms with Crippen LogP contribution in [-0.2, 0) is 4.08 Å². The first kappa shape index (κ1) is 21.8. The van der Waals surface area contributed by atoms with Crippen LogP contribution in [0.4, 0.5) is 0 Å². The molecule has 2 nitrogen and oxygen atoms in total. The Morgan fingerprint density at radius 2 is 1.64 bits per heavy atom. The van der Waals surface area contributed by atoms with Gasteiger partial charge in [0.25, 0.3) is 0 Å². The minimum Gasteiger partial charge on any atom is -0.543 e. The fourth-order valence-electron chi connectivity index (χ4n) is 3.12.